The summed E-state index contributed by atoms with van der Waals surface area (Å²) in [5, 5.41) is 12.5. The number of rotatable bonds is 3. The Morgan fingerprint density at radius 1 is 1.17 bits per heavy atom. The van der Waals surface area contributed by atoms with E-state index in [1.165, 1.54) is 19.3 Å². The maximum absolute atomic E-state index is 12.6. The highest BCUT2D eigenvalue weighted by atomic mass is 79.9. The highest BCUT2D eigenvalue weighted by Crippen LogP contribution is 2.28. The molecule has 1 heterocycles. The first-order chi connectivity index (χ1) is 11.7. The zero-order valence-corrected chi connectivity index (χ0v) is 15.5. The van der Waals surface area contributed by atoms with Crippen LogP contribution in [-0.2, 0) is 4.79 Å². The molecule has 0 spiro atoms. The lowest BCUT2D eigenvalue weighted by atomic mass is 9.87. The zero-order valence-electron chi connectivity index (χ0n) is 13.9. The molecule has 0 aromatic heterocycles. The molecule has 3 rings (SSSR count). The number of hydrogen-bond donors (Lipinski definition) is 1. The van der Waals surface area contributed by atoms with E-state index in [-0.39, 0.29) is 5.92 Å². The molecule has 0 radical (unpaired) electrons. The van der Waals surface area contributed by atoms with Crippen LogP contribution in [0.1, 0.15) is 50.5 Å². The number of carbonyl (C=O) groups is 1. The monoisotopic (exact) mass is 389 g/mol. The highest BCUT2D eigenvalue weighted by molar-refractivity contribution is 9.10. The summed E-state index contributed by atoms with van der Waals surface area (Å²) in [5.74, 6) is 0.656. The van der Waals surface area contributed by atoms with Crippen molar-refractivity contribution in [3.63, 3.8) is 0 Å². The molecule has 0 atom stereocenters. The number of piperidine rings is 1. The number of halogens is 1. The van der Waals surface area contributed by atoms with Gasteiger partial charge in [-0.1, -0.05) is 19.3 Å². The molecule has 4 nitrogen and oxygen atoms in total. The van der Waals surface area contributed by atoms with Crippen LogP contribution >= 0.6 is 15.9 Å². The molecule has 2 fully saturated rings. The number of hydrogen-bond acceptors (Lipinski definition) is 3. The van der Waals surface area contributed by atoms with Crippen LogP contribution in [-0.4, -0.2) is 29.9 Å². The van der Waals surface area contributed by atoms with Gasteiger partial charge in [-0.15, -0.1) is 0 Å². The van der Waals surface area contributed by atoms with Gasteiger partial charge >= 0.3 is 0 Å². The molecule has 1 amide bonds. The topological polar surface area (TPSA) is 56.1 Å². The second-order valence-corrected chi connectivity index (χ2v) is 7.74. The smallest absolute Gasteiger partial charge is 0.225 e. The minimum atomic E-state index is 0.274. The summed E-state index contributed by atoms with van der Waals surface area (Å²) in [5.41, 5.74) is 1.67. The minimum absolute atomic E-state index is 0.274. The number of carbonyl (C=O) groups excluding carboxylic acids is 1. The van der Waals surface area contributed by atoms with E-state index in [1.54, 1.807) is 0 Å². The summed E-state index contributed by atoms with van der Waals surface area (Å²) in [6.45, 7) is 1.70. The molecule has 2 aliphatic rings. The molecule has 1 aliphatic carbocycles. The van der Waals surface area contributed by atoms with Gasteiger partial charge in [0.2, 0.25) is 5.91 Å². The lowest BCUT2D eigenvalue weighted by Crippen LogP contribution is -2.45. The Morgan fingerprint density at radius 2 is 1.88 bits per heavy atom. The molecule has 0 unspecified atom stereocenters. The fourth-order valence-electron chi connectivity index (χ4n) is 3.77. The van der Waals surface area contributed by atoms with Crippen LogP contribution < -0.4 is 5.32 Å². The van der Waals surface area contributed by atoms with Gasteiger partial charge in [-0.3, -0.25) is 4.79 Å². The van der Waals surface area contributed by atoms with Crippen LogP contribution in [0.25, 0.3) is 0 Å². The first-order valence-corrected chi connectivity index (χ1v) is 9.71. The average Bonchev–Trinajstić information content (AvgIpc) is 2.64. The van der Waals surface area contributed by atoms with Crippen molar-refractivity contribution < 1.29 is 4.79 Å². The normalized spacial score (nSPS) is 19.8. The predicted octanol–water partition coefficient (Wildman–Crippen LogP) is 4.30. The summed E-state index contributed by atoms with van der Waals surface area (Å²) in [7, 11) is 0. The van der Waals surface area contributed by atoms with Crippen molar-refractivity contribution in [3.05, 3.63) is 28.2 Å². The van der Waals surface area contributed by atoms with E-state index in [1.807, 2.05) is 18.2 Å². The number of anilines is 1. The Morgan fingerprint density at radius 3 is 2.50 bits per heavy atom. The van der Waals surface area contributed by atoms with Gasteiger partial charge in [0.05, 0.1) is 11.6 Å². The molecule has 1 N–H and O–H groups in total. The fraction of sp³-hybridized carbons (Fsp3) is 0.579. The number of benzene rings is 1. The lowest BCUT2D eigenvalue weighted by Gasteiger charge is -2.36. The van der Waals surface area contributed by atoms with E-state index in [4.69, 9.17) is 5.26 Å². The number of nitriles is 1. The Balaban J connectivity index is 1.52. The van der Waals surface area contributed by atoms with E-state index in [0.717, 1.165) is 48.9 Å². The lowest BCUT2D eigenvalue weighted by molar-refractivity contribution is -0.137. The van der Waals surface area contributed by atoms with Crippen LogP contribution in [0, 0.1) is 17.2 Å². The van der Waals surface area contributed by atoms with Gasteiger partial charge in [-0.25, -0.2) is 0 Å². The van der Waals surface area contributed by atoms with Gasteiger partial charge in [0, 0.05) is 35.2 Å². The van der Waals surface area contributed by atoms with Crippen molar-refractivity contribution in [3.8, 4) is 6.07 Å². The summed E-state index contributed by atoms with van der Waals surface area (Å²) in [6, 6.07) is 8.14. The van der Waals surface area contributed by atoms with Crippen LogP contribution in [0.4, 0.5) is 5.69 Å². The van der Waals surface area contributed by atoms with Crippen LogP contribution in [0.3, 0.4) is 0 Å². The Labute approximate surface area is 152 Å². The average molecular weight is 390 g/mol. The Kier molecular flexibility index (Phi) is 5.78. The largest absolute Gasteiger partial charge is 0.381 e. The molecule has 128 valence electrons. The second-order valence-electron chi connectivity index (χ2n) is 6.89. The van der Waals surface area contributed by atoms with Gasteiger partial charge < -0.3 is 10.2 Å². The van der Waals surface area contributed by atoms with E-state index in [9.17, 15) is 4.79 Å². The molecular weight excluding hydrogens is 366 g/mol. The number of likely N-dealkylation sites (tertiary alicyclic amines) is 1. The van der Waals surface area contributed by atoms with Crippen molar-refractivity contribution >= 4 is 27.5 Å². The fourth-order valence-corrected chi connectivity index (χ4v) is 4.27. The van der Waals surface area contributed by atoms with E-state index >= 15 is 0 Å². The van der Waals surface area contributed by atoms with Crippen molar-refractivity contribution in [2.45, 2.75) is 51.0 Å². The molecule has 1 saturated carbocycles. The highest BCUT2D eigenvalue weighted by Gasteiger charge is 2.29. The predicted molar refractivity (Wildman–Crippen MR) is 98.7 cm³/mol. The third-order valence-electron chi connectivity index (χ3n) is 5.22. The Hall–Kier alpha value is -1.54. The van der Waals surface area contributed by atoms with Crippen molar-refractivity contribution in [2.75, 3.05) is 18.4 Å². The molecule has 1 saturated heterocycles. The third kappa shape index (κ3) is 4.10. The quantitative estimate of drug-likeness (QED) is 0.837. The maximum atomic E-state index is 12.6. The molecular formula is C19H24BrN3O. The molecule has 0 bridgehead atoms. The number of nitrogens with zero attached hydrogens (tertiary/aromatic N) is 2. The summed E-state index contributed by atoms with van der Waals surface area (Å²) in [4.78, 5) is 14.7. The molecule has 1 aliphatic heterocycles. The minimum Gasteiger partial charge on any atom is -0.381 e. The van der Waals surface area contributed by atoms with Crippen molar-refractivity contribution in [2.24, 2.45) is 5.92 Å². The van der Waals surface area contributed by atoms with Gasteiger partial charge in [-0.05, 0) is 59.8 Å². The van der Waals surface area contributed by atoms with Gasteiger partial charge in [0.15, 0.2) is 0 Å². The van der Waals surface area contributed by atoms with E-state index in [2.05, 4.69) is 32.2 Å². The molecule has 5 heteroatoms. The van der Waals surface area contributed by atoms with Crippen molar-refractivity contribution in [1.82, 2.24) is 4.90 Å². The molecule has 1 aromatic rings. The van der Waals surface area contributed by atoms with Crippen molar-refractivity contribution in [1.29, 1.82) is 5.26 Å². The molecule has 1 aromatic carbocycles. The SMILES string of the molecule is N#Cc1ccc(NC2CCN(C(=O)C3CCCCC3)CC2)c(Br)c1. The molecule has 24 heavy (non-hydrogen) atoms. The Bertz CT molecular complexity index is 626. The second kappa shape index (κ2) is 8.02. The summed E-state index contributed by atoms with van der Waals surface area (Å²) in [6.07, 6.45) is 7.82. The zero-order chi connectivity index (χ0) is 16.9. The van der Waals surface area contributed by atoms with Crippen LogP contribution in [0.5, 0.6) is 0 Å². The van der Waals surface area contributed by atoms with E-state index in [0.29, 0.717) is 17.5 Å². The summed E-state index contributed by atoms with van der Waals surface area (Å²) >= 11 is 3.52. The van der Waals surface area contributed by atoms with Gasteiger partial charge in [0.1, 0.15) is 0 Å². The summed E-state index contributed by atoms with van der Waals surface area (Å²) < 4.78 is 0.919. The van der Waals surface area contributed by atoms with Gasteiger partial charge in [-0.2, -0.15) is 5.26 Å². The van der Waals surface area contributed by atoms with E-state index < -0.39 is 0 Å². The first kappa shape index (κ1) is 17.3. The third-order valence-corrected chi connectivity index (χ3v) is 5.87. The number of amides is 1. The van der Waals surface area contributed by atoms with Crippen LogP contribution in [0.2, 0.25) is 0 Å². The number of nitrogens with one attached hydrogen (secondary N) is 1. The maximum Gasteiger partial charge on any atom is 0.225 e. The standard InChI is InChI=1S/C19H24BrN3O/c20-17-12-14(13-21)6-7-18(17)22-16-8-10-23(11-9-16)19(24)15-4-2-1-3-5-15/h6-7,12,15-16,22H,1-5,8-11H2. The first-order valence-electron chi connectivity index (χ1n) is 8.92. The van der Waals surface area contributed by atoms with Crippen LogP contribution in [0.15, 0.2) is 22.7 Å². The van der Waals surface area contributed by atoms with Gasteiger partial charge in [0.25, 0.3) is 0 Å².